The number of hydrogen-bond acceptors (Lipinski definition) is 5. The van der Waals surface area contributed by atoms with E-state index in [0.29, 0.717) is 6.61 Å². The summed E-state index contributed by atoms with van der Waals surface area (Å²) < 4.78 is 16.5. The Labute approximate surface area is 172 Å². The molecule has 28 heavy (non-hydrogen) atoms. The molecule has 1 heterocycles. The van der Waals surface area contributed by atoms with Gasteiger partial charge in [0.05, 0.1) is 12.7 Å². The second-order valence-corrected chi connectivity index (χ2v) is 7.32. The van der Waals surface area contributed by atoms with Crippen LogP contribution in [-0.2, 0) is 17.0 Å². The van der Waals surface area contributed by atoms with Crippen LogP contribution in [0.15, 0.2) is 48.5 Å². The van der Waals surface area contributed by atoms with Crippen molar-refractivity contribution in [3.05, 3.63) is 65.5 Å². The summed E-state index contributed by atoms with van der Waals surface area (Å²) in [5.74, 6) is -0.449. The van der Waals surface area contributed by atoms with Crippen molar-refractivity contribution in [2.45, 2.75) is 38.2 Å². The van der Waals surface area contributed by atoms with E-state index in [1.54, 1.807) is 11.1 Å². The fourth-order valence-corrected chi connectivity index (χ4v) is 3.56. The normalized spacial score (nSPS) is 16.4. The molecule has 154 valence electrons. The first-order chi connectivity index (χ1) is 13.6. The zero-order chi connectivity index (χ0) is 20.2. The van der Waals surface area contributed by atoms with Gasteiger partial charge < -0.3 is 19.3 Å². The quantitative estimate of drug-likeness (QED) is 0.530. The molecule has 1 aliphatic heterocycles. The number of halogens is 1. The van der Waals surface area contributed by atoms with Crippen molar-refractivity contribution in [1.29, 1.82) is 0 Å². The van der Waals surface area contributed by atoms with Gasteiger partial charge in [-0.1, -0.05) is 30.3 Å². The van der Waals surface area contributed by atoms with Gasteiger partial charge in [-0.2, -0.15) is 0 Å². The number of hydrogen-bond donors (Lipinski definition) is 3. The molecule has 2 aromatic carbocycles. The fraction of sp³-hybridized carbons (Fsp3) is 0.455. The number of phenols is 1. The van der Waals surface area contributed by atoms with Gasteiger partial charge in [0.1, 0.15) is 11.6 Å². The number of aromatic hydroxyl groups is 1. The number of aliphatic hydroxyl groups excluding tert-OH is 1. The topological polar surface area (TPSA) is 52.9 Å². The third-order valence-electron chi connectivity index (χ3n) is 4.75. The summed E-state index contributed by atoms with van der Waals surface area (Å²) in [5.41, 5.74) is 3.13. The molecular formula is C22H30FNO3S. The number of rotatable bonds is 4. The minimum absolute atomic E-state index is 0.0370. The zero-order valence-corrected chi connectivity index (χ0v) is 17.0. The molecule has 4 rings (SSSR count). The summed E-state index contributed by atoms with van der Waals surface area (Å²) in [6.45, 7) is 3.27. The molecule has 0 bridgehead atoms. The minimum Gasteiger partial charge on any atom is -0.508 e. The number of aryl methyl sites for hydroxylation is 2. The molecule has 0 radical (unpaired) electrons. The molecule has 1 saturated heterocycles. The maximum absolute atomic E-state index is 12.0. The van der Waals surface area contributed by atoms with Gasteiger partial charge in [-0.15, -0.1) is 0 Å². The first-order valence-electron chi connectivity index (χ1n) is 9.76. The van der Waals surface area contributed by atoms with E-state index in [9.17, 15) is 9.50 Å². The molecule has 1 unspecified atom stereocenters. The van der Waals surface area contributed by atoms with E-state index in [-0.39, 0.29) is 11.9 Å². The van der Waals surface area contributed by atoms with Crippen molar-refractivity contribution in [2.75, 3.05) is 26.2 Å². The third kappa shape index (κ3) is 8.61. The van der Waals surface area contributed by atoms with Gasteiger partial charge in [-0.05, 0) is 81.4 Å². The Morgan fingerprint density at radius 2 is 1.64 bits per heavy atom. The Morgan fingerprint density at radius 1 is 1.00 bits per heavy atom. The number of β-amino-alcohol motifs (C(OH)–C–C–N with tert-alkyl or cyclic N) is 1. The van der Waals surface area contributed by atoms with Crippen LogP contribution in [0.2, 0.25) is 0 Å². The molecule has 2 N–H and O–H groups in total. The largest absolute Gasteiger partial charge is 0.508 e. The number of nitrogens with zero attached hydrogens (tertiary/aromatic N) is 1. The van der Waals surface area contributed by atoms with Gasteiger partial charge in [-0.25, -0.2) is 4.39 Å². The van der Waals surface area contributed by atoms with E-state index in [2.05, 4.69) is 46.3 Å². The molecule has 0 saturated carbocycles. The van der Waals surface area contributed by atoms with Crippen LogP contribution in [-0.4, -0.2) is 47.5 Å². The second-order valence-electron chi connectivity index (χ2n) is 7.06. The number of fused-ring (bicyclic) bond motifs is 1. The SMILES string of the molecule is OC(COS)CN1CCCC1.Oc1cccc(F)c1.c1ccc2c(c1)CCC2. The second kappa shape index (κ2) is 12.8. The summed E-state index contributed by atoms with van der Waals surface area (Å²) in [7, 11) is 0. The van der Waals surface area contributed by atoms with Crippen LogP contribution in [0.5, 0.6) is 5.75 Å². The van der Waals surface area contributed by atoms with Gasteiger partial charge in [0, 0.05) is 12.6 Å². The monoisotopic (exact) mass is 407 g/mol. The minimum atomic E-state index is -0.412. The van der Waals surface area contributed by atoms with Crippen molar-refractivity contribution in [3.63, 3.8) is 0 Å². The van der Waals surface area contributed by atoms with Crippen molar-refractivity contribution in [3.8, 4) is 5.75 Å². The molecule has 2 aromatic rings. The summed E-state index contributed by atoms with van der Waals surface area (Å²) in [6, 6.07) is 13.9. The highest BCUT2D eigenvalue weighted by atomic mass is 32.1. The Balaban J connectivity index is 0.000000152. The zero-order valence-electron chi connectivity index (χ0n) is 16.1. The average Bonchev–Trinajstić information content (AvgIpc) is 3.34. The van der Waals surface area contributed by atoms with Crippen LogP contribution in [0.1, 0.15) is 30.4 Å². The number of likely N-dealkylation sites (tertiary alicyclic amines) is 1. The Hall–Kier alpha value is -1.60. The van der Waals surface area contributed by atoms with Crippen LogP contribution >= 0.6 is 12.9 Å². The lowest BCUT2D eigenvalue weighted by Gasteiger charge is -2.17. The van der Waals surface area contributed by atoms with E-state index in [4.69, 9.17) is 5.11 Å². The third-order valence-corrected chi connectivity index (χ3v) is 4.90. The van der Waals surface area contributed by atoms with Crippen LogP contribution in [0.25, 0.3) is 0 Å². The Bertz CT molecular complexity index is 655. The standard InChI is InChI=1S/C9H10.C7H15NO2S.C6H5FO/c1-2-5-9-7-3-6-8(9)4-1;9-7(6-10-11)5-8-3-1-2-4-8;7-5-2-1-3-6(8)4-5/h1-2,4-5H,3,6-7H2;7,9,11H,1-6H2;1-4,8H. The van der Waals surface area contributed by atoms with Crippen molar-refractivity contribution < 1.29 is 18.8 Å². The molecule has 0 amide bonds. The molecule has 4 nitrogen and oxygen atoms in total. The molecular weight excluding hydrogens is 377 g/mol. The summed E-state index contributed by atoms with van der Waals surface area (Å²) in [5, 5.41) is 17.9. The van der Waals surface area contributed by atoms with E-state index < -0.39 is 5.82 Å². The number of aliphatic hydroxyl groups is 1. The van der Waals surface area contributed by atoms with Gasteiger partial charge in [0.25, 0.3) is 0 Å². The highest BCUT2D eigenvalue weighted by Gasteiger charge is 2.15. The van der Waals surface area contributed by atoms with Crippen LogP contribution in [0.3, 0.4) is 0 Å². The Morgan fingerprint density at radius 3 is 2.14 bits per heavy atom. The van der Waals surface area contributed by atoms with Gasteiger partial charge in [0.2, 0.25) is 0 Å². The van der Waals surface area contributed by atoms with Gasteiger partial charge in [0.15, 0.2) is 0 Å². The van der Waals surface area contributed by atoms with Crippen molar-refractivity contribution in [2.24, 2.45) is 0 Å². The van der Waals surface area contributed by atoms with E-state index in [1.807, 2.05) is 0 Å². The summed E-state index contributed by atoms with van der Waals surface area (Å²) >= 11 is 3.58. The number of phenolic OH excluding ortho intramolecular Hbond substituents is 1. The Kier molecular flexibility index (Phi) is 10.4. The maximum Gasteiger partial charge on any atom is 0.126 e. The lowest BCUT2D eigenvalue weighted by Crippen LogP contribution is -2.32. The van der Waals surface area contributed by atoms with Crippen molar-refractivity contribution >= 4 is 12.9 Å². The molecule has 0 aromatic heterocycles. The molecule has 0 spiro atoms. The fourth-order valence-electron chi connectivity index (χ4n) is 3.39. The summed E-state index contributed by atoms with van der Waals surface area (Å²) in [4.78, 5) is 2.25. The first kappa shape index (κ1) is 22.7. The summed E-state index contributed by atoms with van der Waals surface area (Å²) in [6.07, 6.45) is 6.10. The van der Waals surface area contributed by atoms with E-state index in [1.165, 1.54) is 50.3 Å². The van der Waals surface area contributed by atoms with E-state index >= 15 is 0 Å². The molecule has 2 aliphatic rings. The molecule has 1 atom stereocenters. The van der Waals surface area contributed by atoms with Gasteiger partial charge in [-0.3, -0.25) is 0 Å². The average molecular weight is 408 g/mol. The van der Waals surface area contributed by atoms with Crippen LogP contribution in [0.4, 0.5) is 4.39 Å². The lowest BCUT2D eigenvalue weighted by atomic mass is 10.1. The highest BCUT2D eigenvalue weighted by Crippen LogP contribution is 2.20. The smallest absolute Gasteiger partial charge is 0.126 e. The number of thiol groups is 1. The number of benzene rings is 2. The molecule has 1 fully saturated rings. The lowest BCUT2D eigenvalue weighted by molar-refractivity contribution is 0.0849. The van der Waals surface area contributed by atoms with E-state index in [0.717, 1.165) is 25.7 Å². The maximum atomic E-state index is 12.0. The highest BCUT2D eigenvalue weighted by molar-refractivity contribution is 7.75. The van der Waals surface area contributed by atoms with Crippen LogP contribution in [0, 0.1) is 5.82 Å². The predicted octanol–water partition coefficient (Wildman–Crippen LogP) is 4.01. The van der Waals surface area contributed by atoms with Crippen LogP contribution < -0.4 is 0 Å². The van der Waals surface area contributed by atoms with Gasteiger partial charge >= 0.3 is 0 Å². The molecule has 6 heteroatoms. The van der Waals surface area contributed by atoms with Crippen molar-refractivity contribution in [1.82, 2.24) is 4.90 Å². The first-order valence-corrected chi connectivity index (χ1v) is 10.1. The molecule has 1 aliphatic carbocycles. The predicted molar refractivity (Wildman–Crippen MR) is 113 cm³/mol.